The lowest BCUT2D eigenvalue weighted by Gasteiger charge is -1.99. The van der Waals surface area contributed by atoms with Gasteiger partial charge < -0.3 is 0 Å². The summed E-state index contributed by atoms with van der Waals surface area (Å²) in [6.45, 7) is 6.16. The molecule has 2 rings (SSSR count). The van der Waals surface area contributed by atoms with Crippen LogP contribution in [0.25, 0.3) is 0 Å². The molecule has 0 unspecified atom stereocenters. The van der Waals surface area contributed by atoms with Crippen molar-refractivity contribution < 1.29 is 4.79 Å². The lowest BCUT2D eigenvalue weighted by Crippen LogP contribution is -2.10. The molecule has 5 heteroatoms. The first-order chi connectivity index (χ1) is 8.06. The molecule has 1 amide bonds. The van der Waals surface area contributed by atoms with E-state index >= 15 is 0 Å². The highest BCUT2D eigenvalue weighted by atomic mass is 32.1. The summed E-state index contributed by atoms with van der Waals surface area (Å²) in [6, 6.07) is 1.95. The Kier molecular flexibility index (Phi) is 3.59. The highest BCUT2D eigenvalue weighted by Gasteiger charge is 2.11. The zero-order chi connectivity index (χ0) is 12.4. The molecule has 3 nitrogen and oxygen atoms in total. The Morgan fingerprint density at radius 3 is 2.65 bits per heavy atom. The van der Waals surface area contributed by atoms with Gasteiger partial charge in [-0.1, -0.05) is 13.8 Å². The number of thiophene rings is 1. The maximum atomic E-state index is 11.9. The van der Waals surface area contributed by atoms with E-state index < -0.39 is 0 Å². The second kappa shape index (κ2) is 4.98. The first kappa shape index (κ1) is 12.3. The minimum atomic E-state index is -0.0810. The zero-order valence-electron chi connectivity index (χ0n) is 9.98. The van der Waals surface area contributed by atoms with Crippen molar-refractivity contribution in [2.45, 2.75) is 26.7 Å². The van der Waals surface area contributed by atoms with Crippen LogP contribution in [0.1, 0.15) is 40.7 Å². The Balaban J connectivity index is 2.09. The molecule has 0 atom stereocenters. The zero-order valence-corrected chi connectivity index (χ0v) is 11.6. The van der Waals surface area contributed by atoms with Crippen LogP contribution in [-0.2, 0) is 0 Å². The van der Waals surface area contributed by atoms with Crippen LogP contribution in [0.15, 0.2) is 16.8 Å². The molecule has 0 aromatic carbocycles. The maximum absolute atomic E-state index is 11.9. The van der Waals surface area contributed by atoms with Crippen molar-refractivity contribution in [3.05, 3.63) is 33.0 Å². The number of anilines is 1. The van der Waals surface area contributed by atoms with Gasteiger partial charge in [-0.3, -0.25) is 10.1 Å². The molecule has 0 aliphatic carbocycles. The summed E-state index contributed by atoms with van der Waals surface area (Å²) in [5.41, 5.74) is 1.64. The van der Waals surface area contributed by atoms with Crippen molar-refractivity contribution in [1.29, 1.82) is 0 Å². The van der Waals surface area contributed by atoms with Crippen molar-refractivity contribution >= 4 is 33.7 Å². The molecule has 0 fully saturated rings. The number of rotatable bonds is 3. The Morgan fingerprint density at radius 1 is 1.35 bits per heavy atom. The van der Waals surface area contributed by atoms with Crippen molar-refractivity contribution in [3.8, 4) is 0 Å². The molecular formula is C12H14N2OS2. The van der Waals surface area contributed by atoms with E-state index in [4.69, 9.17) is 0 Å². The fourth-order valence-electron chi connectivity index (χ4n) is 1.36. The third-order valence-electron chi connectivity index (χ3n) is 2.29. The first-order valence-corrected chi connectivity index (χ1v) is 7.14. The SMILES string of the molecule is Cc1csc(NC(=O)c2csc(C(C)C)c2)n1. The van der Waals surface area contributed by atoms with E-state index in [0.717, 1.165) is 5.69 Å². The molecule has 17 heavy (non-hydrogen) atoms. The van der Waals surface area contributed by atoms with Crippen LogP contribution in [0.4, 0.5) is 5.13 Å². The highest BCUT2D eigenvalue weighted by Crippen LogP contribution is 2.24. The van der Waals surface area contributed by atoms with Crippen LogP contribution < -0.4 is 5.32 Å². The molecular weight excluding hydrogens is 252 g/mol. The minimum absolute atomic E-state index is 0.0810. The molecule has 2 aromatic heterocycles. The normalized spacial score (nSPS) is 10.8. The lowest BCUT2D eigenvalue weighted by molar-refractivity contribution is 0.102. The quantitative estimate of drug-likeness (QED) is 0.915. The van der Waals surface area contributed by atoms with E-state index in [1.807, 2.05) is 23.8 Å². The summed E-state index contributed by atoms with van der Waals surface area (Å²) in [5.74, 6) is 0.381. The van der Waals surface area contributed by atoms with Crippen LogP contribution in [0, 0.1) is 6.92 Å². The molecule has 0 saturated heterocycles. The number of thiazole rings is 1. The van der Waals surface area contributed by atoms with Crippen LogP contribution in [0.2, 0.25) is 0 Å². The fourth-order valence-corrected chi connectivity index (χ4v) is 2.94. The maximum Gasteiger partial charge on any atom is 0.258 e. The molecule has 0 aliphatic heterocycles. The van der Waals surface area contributed by atoms with Crippen molar-refractivity contribution in [1.82, 2.24) is 4.98 Å². The Labute approximate surface area is 109 Å². The van der Waals surface area contributed by atoms with Gasteiger partial charge >= 0.3 is 0 Å². The van der Waals surface area contributed by atoms with Crippen LogP contribution in [-0.4, -0.2) is 10.9 Å². The van der Waals surface area contributed by atoms with Gasteiger partial charge in [-0.2, -0.15) is 0 Å². The molecule has 0 spiro atoms. The van der Waals surface area contributed by atoms with E-state index in [9.17, 15) is 4.79 Å². The van der Waals surface area contributed by atoms with Gasteiger partial charge in [-0.25, -0.2) is 4.98 Å². The number of aromatic nitrogens is 1. The Bertz CT molecular complexity index is 528. The number of nitrogens with one attached hydrogen (secondary N) is 1. The van der Waals surface area contributed by atoms with Gasteiger partial charge in [0.25, 0.3) is 5.91 Å². The minimum Gasteiger partial charge on any atom is -0.298 e. The second-order valence-corrected chi connectivity index (χ2v) is 5.94. The number of aryl methyl sites for hydroxylation is 1. The number of carbonyl (C=O) groups excluding carboxylic acids is 1. The molecule has 1 N–H and O–H groups in total. The highest BCUT2D eigenvalue weighted by molar-refractivity contribution is 7.14. The Hall–Kier alpha value is -1.20. The topological polar surface area (TPSA) is 42.0 Å². The summed E-state index contributed by atoms with van der Waals surface area (Å²) >= 11 is 3.07. The monoisotopic (exact) mass is 266 g/mol. The molecule has 2 heterocycles. The summed E-state index contributed by atoms with van der Waals surface area (Å²) < 4.78 is 0. The van der Waals surface area contributed by atoms with E-state index in [2.05, 4.69) is 24.1 Å². The predicted molar refractivity (Wildman–Crippen MR) is 73.2 cm³/mol. The third-order valence-corrected chi connectivity index (χ3v) is 4.40. The van der Waals surface area contributed by atoms with E-state index in [1.165, 1.54) is 16.2 Å². The summed E-state index contributed by atoms with van der Waals surface area (Å²) in [7, 11) is 0. The number of hydrogen-bond acceptors (Lipinski definition) is 4. The average Bonchev–Trinajstić information content (AvgIpc) is 2.86. The largest absolute Gasteiger partial charge is 0.298 e. The van der Waals surface area contributed by atoms with Crippen molar-refractivity contribution in [2.24, 2.45) is 0 Å². The fraction of sp³-hybridized carbons (Fsp3) is 0.333. The molecule has 0 saturated carbocycles. The molecule has 2 aromatic rings. The molecule has 90 valence electrons. The van der Waals surface area contributed by atoms with Gasteiger partial charge in [0.2, 0.25) is 0 Å². The number of nitrogens with zero attached hydrogens (tertiary/aromatic N) is 1. The lowest BCUT2D eigenvalue weighted by atomic mass is 10.1. The Morgan fingerprint density at radius 2 is 2.12 bits per heavy atom. The van der Waals surface area contributed by atoms with Crippen LogP contribution in [0.5, 0.6) is 0 Å². The van der Waals surface area contributed by atoms with Gasteiger partial charge in [0.15, 0.2) is 5.13 Å². The van der Waals surface area contributed by atoms with Crippen LogP contribution in [0.3, 0.4) is 0 Å². The molecule has 0 radical (unpaired) electrons. The summed E-state index contributed by atoms with van der Waals surface area (Å²) in [6.07, 6.45) is 0. The van der Waals surface area contributed by atoms with Gasteiger partial charge in [-0.05, 0) is 18.9 Å². The van der Waals surface area contributed by atoms with Gasteiger partial charge in [0.05, 0.1) is 11.3 Å². The predicted octanol–water partition coefficient (Wildman–Crippen LogP) is 3.89. The number of carbonyl (C=O) groups is 1. The second-order valence-electron chi connectivity index (χ2n) is 4.14. The number of amides is 1. The van der Waals surface area contributed by atoms with E-state index in [1.54, 1.807) is 11.3 Å². The van der Waals surface area contributed by atoms with Crippen molar-refractivity contribution in [2.75, 3.05) is 5.32 Å². The summed E-state index contributed by atoms with van der Waals surface area (Å²) in [4.78, 5) is 17.4. The van der Waals surface area contributed by atoms with Crippen molar-refractivity contribution in [3.63, 3.8) is 0 Å². The van der Waals surface area contributed by atoms with E-state index in [0.29, 0.717) is 16.6 Å². The number of hydrogen-bond donors (Lipinski definition) is 1. The van der Waals surface area contributed by atoms with Gasteiger partial charge in [0, 0.05) is 15.6 Å². The van der Waals surface area contributed by atoms with Gasteiger partial charge in [-0.15, -0.1) is 22.7 Å². The molecule has 0 aliphatic rings. The smallest absolute Gasteiger partial charge is 0.258 e. The summed E-state index contributed by atoms with van der Waals surface area (Å²) in [5, 5.41) is 7.28. The standard InChI is InChI=1S/C12H14N2OS2/c1-7(2)10-4-9(6-16-10)11(15)14-12-13-8(3)5-17-12/h4-7H,1-3H3,(H,13,14,15). The first-order valence-electron chi connectivity index (χ1n) is 5.38. The average molecular weight is 266 g/mol. The van der Waals surface area contributed by atoms with Gasteiger partial charge in [0.1, 0.15) is 0 Å². The molecule has 0 bridgehead atoms. The van der Waals surface area contributed by atoms with Crippen LogP contribution >= 0.6 is 22.7 Å². The van der Waals surface area contributed by atoms with E-state index in [-0.39, 0.29) is 5.91 Å². The third kappa shape index (κ3) is 2.92.